The molecule has 0 amide bonds. The molecule has 0 aliphatic heterocycles. The number of nitriles is 1. The predicted octanol–water partition coefficient (Wildman–Crippen LogP) is 3.66. The summed E-state index contributed by atoms with van der Waals surface area (Å²) < 4.78 is 0. The zero-order valence-electron chi connectivity index (χ0n) is 9.98. The van der Waals surface area contributed by atoms with Gasteiger partial charge in [0.2, 0.25) is 0 Å². The van der Waals surface area contributed by atoms with E-state index < -0.39 is 4.92 Å². The Labute approximate surface area is 110 Å². The first-order valence-corrected chi connectivity index (χ1v) is 5.62. The van der Waals surface area contributed by atoms with Gasteiger partial charge in [-0.3, -0.25) is 10.1 Å². The fraction of sp³-hybridized carbons (Fsp3) is 0. The Kier molecular flexibility index (Phi) is 3.70. The molecular weight excluding hydrogens is 240 g/mol. The van der Waals surface area contributed by atoms with Crippen molar-refractivity contribution in [1.82, 2.24) is 0 Å². The van der Waals surface area contributed by atoms with Crippen LogP contribution in [-0.4, -0.2) is 4.92 Å². The van der Waals surface area contributed by atoms with Gasteiger partial charge in [-0.25, -0.2) is 0 Å². The Bertz CT molecular complexity index is 670. The maximum absolute atomic E-state index is 10.7. The quantitative estimate of drug-likeness (QED) is 0.361. The molecule has 0 atom stereocenters. The second kappa shape index (κ2) is 5.61. The molecule has 0 heterocycles. The van der Waals surface area contributed by atoms with Crippen LogP contribution in [0.4, 0.5) is 5.69 Å². The standard InChI is InChI=1S/C15H10N2O2/c16-11-14(13-6-2-1-3-7-13)9-12-5-4-8-15(10-12)17(18)19/h1-10H/b14-9+. The molecule has 0 saturated heterocycles. The van der Waals surface area contributed by atoms with Crippen LogP contribution >= 0.6 is 0 Å². The Morgan fingerprint density at radius 2 is 1.89 bits per heavy atom. The van der Waals surface area contributed by atoms with E-state index in [9.17, 15) is 10.1 Å². The third kappa shape index (κ3) is 3.05. The highest BCUT2D eigenvalue weighted by atomic mass is 16.6. The summed E-state index contributed by atoms with van der Waals surface area (Å²) in [7, 11) is 0. The number of hydrogen-bond acceptors (Lipinski definition) is 3. The molecule has 2 aromatic carbocycles. The summed E-state index contributed by atoms with van der Waals surface area (Å²) in [5.74, 6) is 0. The first-order chi connectivity index (χ1) is 9.20. The second-order valence-electron chi connectivity index (χ2n) is 3.89. The minimum atomic E-state index is -0.452. The molecule has 0 bridgehead atoms. The molecule has 4 nitrogen and oxygen atoms in total. The third-order valence-corrected chi connectivity index (χ3v) is 2.60. The van der Waals surface area contributed by atoms with Gasteiger partial charge in [-0.2, -0.15) is 5.26 Å². The van der Waals surface area contributed by atoms with Gasteiger partial charge in [-0.15, -0.1) is 0 Å². The van der Waals surface area contributed by atoms with Crippen molar-refractivity contribution in [3.8, 4) is 6.07 Å². The van der Waals surface area contributed by atoms with Gasteiger partial charge in [-0.1, -0.05) is 42.5 Å². The first-order valence-electron chi connectivity index (χ1n) is 5.62. The van der Waals surface area contributed by atoms with E-state index >= 15 is 0 Å². The van der Waals surface area contributed by atoms with Crippen molar-refractivity contribution in [1.29, 1.82) is 5.26 Å². The van der Waals surface area contributed by atoms with Crippen molar-refractivity contribution in [2.24, 2.45) is 0 Å². The SMILES string of the molecule is N#C/C(=C\c1cccc([N+](=O)[O-])c1)c1ccccc1. The van der Waals surface area contributed by atoms with Gasteiger partial charge < -0.3 is 0 Å². The molecule has 0 aliphatic rings. The lowest BCUT2D eigenvalue weighted by Crippen LogP contribution is -1.88. The highest BCUT2D eigenvalue weighted by Gasteiger charge is 2.05. The summed E-state index contributed by atoms with van der Waals surface area (Å²) in [6, 6.07) is 17.5. The van der Waals surface area contributed by atoms with Crippen LogP contribution in [0.2, 0.25) is 0 Å². The van der Waals surface area contributed by atoms with E-state index in [-0.39, 0.29) is 5.69 Å². The molecule has 0 aliphatic carbocycles. The molecule has 4 heteroatoms. The van der Waals surface area contributed by atoms with Gasteiger partial charge in [0, 0.05) is 12.1 Å². The number of nitrogens with zero attached hydrogens (tertiary/aromatic N) is 2. The van der Waals surface area contributed by atoms with Gasteiger partial charge in [0.1, 0.15) is 0 Å². The van der Waals surface area contributed by atoms with Crippen LogP contribution in [0.25, 0.3) is 11.6 Å². The Morgan fingerprint density at radius 3 is 2.53 bits per heavy atom. The molecule has 92 valence electrons. The van der Waals surface area contributed by atoms with Crippen LogP contribution in [-0.2, 0) is 0 Å². The molecule has 2 aromatic rings. The zero-order chi connectivity index (χ0) is 13.7. The summed E-state index contributed by atoms with van der Waals surface area (Å²) in [6.07, 6.45) is 1.64. The van der Waals surface area contributed by atoms with Gasteiger partial charge in [0.15, 0.2) is 0 Å². The van der Waals surface area contributed by atoms with Gasteiger partial charge in [0.05, 0.1) is 16.6 Å². The summed E-state index contributed by atoms with van der Waals surface area (Å²) in [5, 5.41) is 19.9. The first kappa shape index (κ1) is 12.5. The highest BCUT2D eigenvalue weighted by molar-refractivity contribution is 5.89. The average Bonchev–Trinajstić information content (AvgIpc) is 2.46. The average molecular weight is 250 g/mol. The molecule has 0 N–H and O–H groups in total. The number of rotatable bonds is 3. The number of allylic oxidation sites excluding steroid dienone is 1. The molecule has 0 spiro atoms. The number of benzene rings is 2. The van der Waals surface area contributed by atoms with E-state index in [1.807, 2.05) is 30.3 Å². The summed E-state index contributed by atoms with van der Waals surface area (Å²) in [5.41, 5.74) is 1.91. The van der Waals surface area contributed by atoms with E-state index in [4.69, 9.17) is 5.26 Å². The predicted molar refractivity (Wildman–Crippen MR) is 73.0 cm³/mol. The normalized spacial score (nSPS) is 10.8. The lowest BCUT2D eigenvalue weighted by Gasteiger charge is -1.99. The van der Waals surface area contributed by atoms with E-state index in [0.717, 1.165) is 5.56 Å². The zero-order valence-corrected chi connectivity index (χ0v) is 9.98. The van der Waals surface area contributed by atoms with E-state index in [2.05, 4.69) is 6.07 Å². The number of nitro groups is 1. The van der Waals surface area contributed by atoms with Crippen molar-refractivity contribution < 1.29 is 4.92 Å². The van der Waals surface area contributed by atoms with Crippen LogP contribution in [0, 0.1) is 21.4 Å². The largest absolute Gasteiger partial charge is 0.270 e. The Balaban J connectivity index is 2.42. The fourth-order valence-corrected chi connectivity index (χ4v) is 1.69. The van der Waals surface area contributed by atoms with Crippen LogP contribution in [0.3, 0.4) is 0 Å². The molecule has 0 fully saturated rings. The minimum absolute atomic E-state index is 0.0131. The summed E-state index contributed by atoms with van der Waals surface area (Å²) in [6.45, 7) is 0. The van der Waals surface area contributed by atoms with Crippen LogP contribution < -0.4 is 0 Å². The van der Waals surface area contributed by atoms with Gasteiger partial charge in [0.25, 0.3) is 5.69 Å². The third-order valence-electron chi connectivity index (χ3n) is 2.60. The maximum Gasteiger partial charge on any atom is 0.270 e. The van der Waals surface area contributed by atoms with Crippen LogP contribution in [0.5, 0.6) is 0 Å². The monoisotopic (exact) mass is 250 g/mol. The molecule has 0 unspecified atom stereocenters. The maximum atomic E-state index is 10.7. The van der Waals surface area contributed by atoms with Crippen LogP contribution in [0.1, 0.15) is 11.1 Å². The molecule has 0 saturated carbocycles. The molecule has 19 heavy (non-hydrogen) atoms. The number of hydrogen-bond donors (Lipinski definition) is 0. The Morgan fingerprint density at radius 1 is 1.16 bits per heavy atom. The van der Waals surface area contributed by atoms with E-state index in [0.29, 0.717) is 11.1 Å². The molecule has 0 aromatic heterocycles. The van der Waals surface area contributed by atoms with E-state index in [1.54, 1.807) is 18.2 Å². The Hall–Kier alpha value is -2.93. The van der Waals surface area contributed by atoms with E-state index in [1.165, 1.54) is 12.1 Å². The van der Waals surface area contributed by atoms with Gasteiger partial charge >= 0.3 is 0 Å². The van der Waals surface area contributed by atoms with Crippen LogP contribution in [0.15, 0.2) is 54.6 Å². The molecular formula is C15H10N2O2. The lowest BCUT2D eigenvalue weighted by atomic mass is 10.0. The second-order valence-corrected chi connectivity index (χ2v) is 3.89. The van der Waals surface area contributed by atoms with Gasteiger partial charge in [-0.05, 0) is 17.2 Å². The fourth-order valence-electron chi connectivity index (χ4n) is 1.69. The molecule has 2 rings (SSSR count). The summed E-state index contributed by atoms with van der Waals surface area (Å²) >= 11 is 0. The summed E-state index contributed by atoms with van der Waals surface area (Å²) in [4.78, 5) is 10.2. The van der Waals surface area contributed by atoms with Crippen molar-refractivity contribution >= 4 is 17.3 Å². The lowest BCUT2D eigenvalue weighted by molar-refractivity contribution is -0.384. The van der Waals surface area contributed by atoms with Crippen molar-refractivity contribution in [2.45, 2.75) is 0 Å². The topological polar surface area (TPSA) is 66.9 Å². The number of nitro benzene ring substituents is 1. The molecule has 0 radical (unpaired) electrons. The van der Waals surface area contributed by atoms with Crippen molar-refractivity contribution in [2.75, 3.05) is 0 Å². The van der Waals surface area contributed by atoms with Crippen molar-refractivity contribution in [3.63, 3.8) is 0 Å². The smallest absolute Gasteiger partial charge is 0.258 e. The highest BCUT2D eigenvalue weighted by Crippen LogP contribution is 2.20. The number of non-ortho nitro benzene ring substituents is 1. The van der Waals surface area contributed by atoms with Crippen molar-refractivity contribution in [3.05, 3.63) is 75.8 Å². The minimum Gasteiger partial charge on any atom is -0.258 e.